The Morgan fingerprint density at radius 1 is 1.47 bits per heavy atom. The summed E-state index contributed by atoms with van der Waals surface area (Å²) in [4.78, 5) is 13.7. The number of likely N-dealkylation sites (tertiary alicyclic amines) is 1. The average molecular weight is 236 g/mol. The van der Waals surface area contributed by atoms with Crippen LogP contribution in [-0.2, 0) is 11.3 Å². The van der Waals surface area contributed by atoms with E-state index in [0.29, 0.717) is 18.7 Å². The van der Waals surface area contributed by atoms with Crippen LogP contribution in [0, 0.1) is 5.82 Å². The third kappa shape index (κ3) is 2.64. The number of amides is 1. The van der Waals surface area contributed by atoms with Gasteiger partial charge in [-0.15, -0.1) is 0 Å². The maximum absolute atomic E-state index is 13.5. The Morgan fingerprint density at radius 3 is 2.94 bits per heavy atom. The van der Waals surface area contributed by atoms with Gasteiger partial charge in [-0.05, 0) is 26.0 Å². The maximum atomic E-state index is 13.5. The molecule has 0 aliphatic carbocycles. The lowest BCUT2D eigenvalue weighted by Gasteiger charge is -2.32. The minimum atomic E-state index is -0.244. The summed E-state index contributed by atoms with van der Waals surface area (Å²) >= 11 is 0. The van der Waals surface area contributed by atoms with Crippen LogP contribution in [0.25, 0.3) is 0 Å². The molecule has 0 bridgehead atoms. The number of benzene rings is 1. The van der Waals surface area contributed by atoms with E-state index in [1.807, 2.05) is 0 Å². The van der Waals surface area contributed by atoms with E-state index >= 15 is 0 Å². The molecule has 0 radical (unpaired) electrons. The lowest BCUT2D eigenvalue weighted by molar-refractivity contribution is -0.136. The molecule has 1 atom stereocenters. The standard InChI is InChI=1S/C13H17FN2O/c1-15-12-7-4-8-16(13(12)17)9-10-5-2-3-6-11(10)14/h2-3,5-6,12,15H,4,7-9H2,1H3. The van der Waals surface area contributed by atoms with E-state index in [9.17, 15) is 9.18 Å². The summed E-state index contributed by atoms with van der Waals surface area (Å²) in [7, 11) is 1.79. The molecule has 2 rings (SSSR count). The van der Waals surface area contributed by atoms with Crippen molar-refractivity contribution in [2.45, 2.75) is 25.4 Å². The van der Waals surface area contributed by atoms with Gasteiger partial charge in [-0.2, -0.15) is 0 Å². The van der Waals surface area contributed by atoms with Crippen LogP contribution >= 0.6 is 0 Å². The van der Waals surface area contributed by atoms with Crippen LogP contribution in [0.4, 0.5) is 4.39 Å². The Labute approximate surface area is 101 Å². The van der Waals surface area contributed by atoms with E-state index in [0.717, 1.165) is 12.8 Å². The second-order valence-corrected chi connectivity index (χ2v) is 4.33. The lowest BCUT2D eigenvalue weighted by atomic mass is 10.0. The zero-order chi connectivity index (χ0) is 12.3. The molecule has 3 nitrogen and oxygen atoms in total. The van der Waals surface area contributed by atoms with Crippen molar-refractivity contribution >= 4 is 5.91 Å². The predicted molar refractivity (Wildman–Crippen MR) is 63.9 cm³/mol. The van der Waals surface area contributed by atoms with Crippen molar-refractivity contribution in [1.82, 2.24) is 10.2 Å². The van der Waals surface area contributed by atoms with Crippen LogP contribution in [0.5, 0.6) is 0 Å². The molecule has 1 aromatic carbocycles. The molecule has 0 spiro atoms. The average Bonchev–Trinajstić information content (AvgIpc) is 2.34. The summed E-state index contributed by atoms with van der Waals surface area (Å²) in [6.45, 7) is 1.08. The zero-order valence-corrected chi connectivity index (χ0v) is 9.95. The van der Waals surface area contributed by atoms with Gasteiger partial charge >= 0.3 is 0 Å². The number of halogens is 1. The first-order chi connectivity index (χ1) is 8.22. The molecular weight excluding hydrogens is 219 g/mol. The Morgan fingerprint density at radius 2 is 2.24 bits per heavy atom. The topological polar surface area (TPSA) is 32.3 Å². The summed E-state index contributed by atoms with van der Waals surface area (Å²) < 4.78 is 13.5. The largest absolute Gasteiger partial charge is 0.337 e. The van der Waals surface area contributed by atoms with Crippen molar-refractivity contribution < 1.29 is 9.18 Å². The highest BCUT2D eigenvalue weighted by atomic mass is 19.1. The summed E-state index contributed by atoms with van der Waals surface area (Å²) in [6, 6.07) is 6.50. The Hall–Kier alpha value is -1.42. The molecule has 1 aromatic rings. The number of nitrogens with zero attached hydrogens (tertiary/aromatic N) is 1. The van der Waals surface area contributed by atoms with Gasteiger partial charge in [-0.25, -0.2) is 4.39 Å². The summed E-state index contributed by atoms with van der Waals surface area (Å²) in [5, 5.41) is 3.00. The number of rotatable bonds is 3. The third-order valence-electron chi connectivity index (χ3n) is 3.20. The van der Waals surface area contributed by atoms with Crippen molar-refractivity contribution in [3.8, 4) is 0 Å². The van der Waals surface area contributed by atoms with Crippen molar-refractivity contribution in [1.29, 1.82) is 0 Å². The minimum Gasteiger partial charge on any atom is -0.337 e. The van der Waals surface area contributed by atoms with Gasteiger partial charge in [0.15, 0.2) is 0 Å². The van der Waals surface area contributed by atoms with Gasteiger partial charge in [-0.3, -0.25) is 4.79 Å². The zero-order valence-electron chi connectivity index (χ0n) is 9.95. The molecule has 1 N–H and O–H groups in total. The molecule has 1 aliphatic heterocycles. The normalized spacial score (nSPS) is 20.7. The molecule has 17 heavy (non-hydrogen) atoms. The Bertz CT molecular complexity index is 408. The summed E-state index contributed by atoms with van der Waals surface area (Å²) in [6.07, 6.45) is 1.83. The minimum absolute atomic E-state index is 0.0713. The van der Waals surface area contributed by atoms with Crippen LogP contribution < -0.4 is 5.32 Å². The molecule has 1 fully saturated rings. The number of nitrogens with one attached hydrogen (secondary N) is 1. The van der Waals surface area contributed by atoms with Gasteiger partial charge < -0.3 is 10.2 Å². The van der Waals surface area contributed by atoms with Crippen LogP contribution in [0.15, 0.2) is 24.3 Å². The number of likely N-dealkylation sites (N-methyl/N-ethyl adjacent to an activating group) is 1. The Kier molecular flexibility index (Phi) is 3.74. The fourth-order valence-electron chi connectivity index (χ4n) is 2.20. The second kappa shape index (κ2) is 5.27. The molecular formula is C13H17FN2O. The molecule has 1 saturated heterocycles. The molecule has 0 saturated carbocycles. The first-order valence-corrected chi connectivity index (χ1v) is 5.92. The molecule has 92 valence electrons. The molecule has 0 aromatic heterocycles. The monoisotopic (exact) mass is 236 g/mol. The van der Waals surface area contributed by atoms with Crippen LogP contribution in [-0.4, -0.2) is 30.4 Å². The Balaban J connectivity index is 2.08. The van der Waals surface area contributed by atoms with Gasteiger partial charge in [0.2, 0.25) is 5.91 Å². The van der Waals surface area contributed by atoms with E-state index in [1.54, 1.807) is 30.1 Å². The predicted octanol–water partition coefficient (Wildman–Crippen LogP) is 1.54. The highest BCUT2D eigenvalue weighted by Crippen LogP contribution is 2.16. The van der Waals surface area contributed by atoms with Crippen molar-refractivity contribution in [3.05, 3.63) is 35.6 Å². The third-order valence-corrected chi connectivity index (χ3v) is 3.20. The second-order valence-electron chi connectivity index (χ2n) is 4.33. The van der Waals surface area contributed by atoms with E-state index < -0.39 is 0 Å². The maximum Gasteiger partial charge on any atom is 0.239 e. The first kappa shape index (κ1) is 12.0. The highest BCUT2D eigenvalue weighted by molar-refractivity contribution is 5.82. The number of piperidine rings is 1. The smallest absolute Gasteiger partial charge is 0.239 e. The van der Waals surface area contributed by atoms with Gasteiger partial charge in [0.1, 0.15) is 5.82 Å². The van der Waals surface area contributed by atoms with Gasteiger partial charge in [0.25, 0.3) is 0 Å². The lowest BCUT2D eigenvalue weighted by Crippen LogP contribution is -2.49. The van der Waals surface area contributed by atoms with Gasteiger partial charge in [-0.1, -0.05) is 18.2 Å². The van der Waals surface area contributed by atoms with Crippen molar-refractivity contribution in [2.75, 3.05) is 13.6 Å². The van der Waals surface area contributed by atoms with Crippen molar-refractivity contribution in [3.63, 3.8) is 0 Å². The molecule has 1 unspecified atom stereocenters. The number of carbonyl (C=O) groups excluding carboxylic acids is 1. The molecule has 1 aliphatic rings. The number of carbonyl (C=O) groups is 1. The summed E-state index contributed by atoms with van der Waals surface area (Å²) in [5.74, 6) is -0.172. The summed E-state index contributed by atoms with van der Waals surface area (Å²) in [5.41, 5.74) is 0.581. The van der Waals surface area contributed by atoms with E-state index in [-0.39, 0.29) is 17.8 Å². The van der Waals surface area contributed by atoms with Gasteiger partial charge in [0.05, 0.1) is 6.04 Å². The van der Waals surface area contributed by atoms with Gasteiger partial charge in [0, 0.05) is 18.7 Å². The van der Waals surface area contributed by atoms with E-state index in [2.05, 4.69) is 5.32 Å². The van der Waals surface area contributed by atoms with Crippen LogP contribution in [0.3, 0.4) is 0 Å². The quantitative estimate of drug-likeness (QED) is 0.863. The van der Waals surface area contributed by atoms with Crippen molar-refractivity contribution in [2.24, 2.45) is 0 Å². The SMILES string of the molecule is CNC1CCCN(Cc2ccccc2F)C1=O. The number of hydrogen-bond acceptors (Lipinski definition) is 2. The first-order valence-electron chi connectivity index (χ1n) is 5.92. The molecule has 1 amide bonds. The van der Waals surface area contributed by atoms with Crippen LogP contribution in [0.2, 0.25) is 0 Å². The van der Waals surface area contributed by atoms with E-state index in [4.69, 9.17) is 0 Å². The number of hydrogen-bond donors (Lipinski definition) is 1. The molecule has 4 heteroatoms. The van der Waals surface area contributed by atoms with Crippen LogP contribution in [0.1, 0.15) is 18.4 Å². The fraction of sp³-hybridized carbons (Fsp3) is 0.462. The highest BCUT2D eigenvalue weighted by Gasteiger charge is 2.27. The fourth-order valence-corrected chi connectivity index (χ4v) is 2.20. The van der Waals surface area contributed by atoms with E-state index in [1.165, 1.54) is 6.07 Å². The molecule has 1 heterocycles.